The van der Waals surface area contributed by atoms with E-state index < -0.39 is 0 Å². The second kappa shape index (κ2) is 12.5. The van der Waals surface area contributed by atoms with E-state index in [1.165, 1.54) is 39.2 Å². The summed E-state index contributed by atoms with van der Waals surface area (Å²) in [5.74, 6) is 0. The van der Waals surface area contributed by atoms with Gasteiger partial charge < -0.3 is 0 Å². The maximum atomic E-state index is 2.38. The Morgan fingerprint density at radius 3 is 1.26 bits per heavy atom. The van der Waals surface area contributed by atoms with Crippen LogP contribution in [0.2, 0.25) is 0 Å². The largest absolute Gasteiger partial charge is 0.180 e. The predicted octanol–water partition coefficient (Wildman–Crippen LogP) is 10.0. The summed E-state index contributed by atoms with van der Waals surface area (Å²) in [6, 6.07) is 61.5. The van der Waals surface area contributed by atoms with Gasteiger partial charge in [-0.05, 0) is 72.8 Å². The van der Waals surface area contributed by atoms with Gasteiger partial charge in [-0.2, -0.15) is 0 Å². The van der Waals surface area contributed by atoms with Crippen LogP contribution in [-0.2, 0) is 21.8 Å². The minimum atomic E-state index is -0.192. The summed E-state index contributed by atoms with van der Waals surface area (Å²) in [5, 5.41) is 0. The summed E-state index contributed by atoms with van der Waals surface area (Å²) in [5.41, 5.74) is 0. The van der Waals surface area contributed by atoms with Gasteiger partial charge in [0.05, 0.1) is 15.8 Å². The van der Waals surface area contributed by atoms with Crippen LogP contribution in [0.25, 0.3) is 0 Å². The summed E-state index contributed by atoms with van der Waals surface area (Å²) in [7, 11) is -0.361. The van der Waals surface area contributed by atoms with E-state index in [1.54, 1.807) is 0 Å². The predicted molar refractivity (Wildman–Crippen MR) is 167 cm³/mol. The zero-order chi connectivity index (χ0) is 26.3. The number of rotatable bonds is 8. The molecule has 6 aromatic carbocycles. The van der Waals surface area contributed by atoms with Crippen molar-refractivity contribution in [3.05, 3.63) is 170 Å². The summed E-state index contributed by atoms with van der Waals surface area (Å²) >= 11 is 1.87. The Balaban J connectivity index is 1.40. The molecular formula is C36H28S3+2. The van der Waals surface area contributed by atoms with E-state index in [9.17, 15) is 0 Å². The van der Waals surface area contributed by atoms with Crippen molar-refractivity contribution in [2.75, 3.05) is 0 Å². The zero-order valence-electron chi connectivity index (χ0n) is 21.4. The number of hydrogen-bond donors (Lipinski definition) is 0. The highest BCUT2D eigenvalue weighted by Gasteiger charge is 2.32. The van der Waals surface area contributed by atoms with Crippen LogP contribution in [0, 0.1) is 0 Å². The molecular weight excluding hydrogens is 529 g/mol. The smallest absolute Gasteiger partial charge is 0.0846 e. The van der Waals surface area contributed by atoms with E-state index in [1.807, 2.05) is 11.8 Å². The topological polar surface area (TPSA) is 0 Å². The highest BCUT2D eigenvalue weighted by atomic mass is 32.2. The van der Waals surface area contributed by atoms with Crippen LogP contribution in [-0.4, -0.2) is 0 Å². The fourth-order valence-electron chi connectivity index (χ4n) is 4.52. The summed E-state index contributed by atoms with van der Waals surface area (Å²) in [4.78, 5) is 10.6. The maximum Gasteiger partial charge on any atom is 0.180 e. The molecule has 0 spiro atoms. The average Bonchev–Trinajstić information content (AvgIpc) is 3.01. The highest BCUT2D eigenvalue weighted by Crippen LogP contribution is 2.41. The van der Waals surface area contributed by atoms with Crippen molar-refractivity contribution in [3.8, 4) is 0 Å². The van der Waals surface area contributed by atoms with E-state index in [0.717, 1.165) is 0 Å². The summed E-state index contributed by atoms with van der Waals surface area (Å²) in [6.45, 7) is 0. The molecule has 39 heavy (non-hydrogen) atoms. The van der Waals surface area contributed by atoms with Gasteiger partial charge in [0.25, 0.3) is 0 Å². The van der Waals surface area contributed by atoms with Crippen molar-refractivity contribution in [2.45, 2.75) is 39.2 Å². The molecule has 0 nitrogen and oxygen atoms in total. The zero-order valence-corrected chi connectivity index (χ0v) is 23.8. The number of benzene rings is 6. The number of hydrogen-bond acceptors (Lipinski definition) is 1. The van der Waals surface area contributed by atoms with E-state index in [0.29, 0.717) is 0 Å². The second-order valence-electron chi connectivity index (χ2n) is 8.89. The molecule has 0 fully saturated rings. The quantitative estimate of drug-likeness (QED) is 0.168. The minimum Gasteiger partial charge on any atom is -0.0846 e. The van der Waals surface area contributed by atoms with Crippen LogP contribution >= 0.6 is 11.8 Å². The van der Waals surface area contributed by atoms with Gasteiger partial charge in [-0.15, -0.1) is 0 Å². The summed E-state index contributed by atoms with van der Waals surface area (Å²) < 4.78 is 0. The van der Waals surface area contributed by atoms with Gasteiger partial charge in [-0.25, -0.2) is 0 Å². The first-order valence-corrected chi connectivity index (χ1v) is 16.2. The molecule has 0 radical (unpaired) electrons. The standard InChI is InChI=1S/C36H28S3/c1-5-17-30(18-6-1)38(31-19-7-2-8-20-31)34-25-15-16-29(28-34)37-35-26-13-14-27-36(35)39(32-21-9-3-10-22-32)33-23-11-4-12-24-33/h1-28H/q+2. The third-order valence-electron chi connectivity index (χ3n) is 6.25. The van der Waals surface area contributed by atoms with Crippen molar-refractivity contribution >= 4 is 33.6 Å². The second-order valence-corrected chi connectivity index (χ2v) is 14.0. The summed E-state index contributed by atoms with van der Waals surface area (Å²) in [6.07, 6.45) is 0. The minimum absolute atomic E-state index is 0.168. The van der Waals surface area contributed by atoms with Crippen LogP contribution in [0.1, 0.15) is 0 Å². The van der Waals surface area contributed by atoms with Gasteiger partial charge in [0.15, 0.2) is 29.4 Å². The van der Waals surface area contributed by atoms with Crippen molar-refractivity contribution in [3.63, 3.8) is 0 Å². The fourth-order valence-corrected chi connectivity index (χ4v) is 10.1. The van der Waals surface area contributed by atoms with Crippen LogP contribution < -0.4 is 0 Å². The Morgan fingerprint density at radius 2 is 0.744 bits per heavy atom. The lowest BCUT2D eigenvalue weighted by molar-refractivity contribution is 1.19. The van der Waals surface area contributed by atoms with E-state index in [2.05, 4.69) is 170 Å². The van der Waals surface area contributed by atoms with Gasteiger partial charge in [-0.1, -0.05) is 103 Å². The average molecular weight is 557 g/mol. The van der Waals surface area contributed by atoms with Crippen molar-refractivity contribution in [1.82, 2.24) is 0 Å². The molecule has 0 aliphatic carbocycles. The first-order chi connectivity index (χ1) is 19.4. The third-order valence-corrected chi connectivity index (χ3v) is 11.9. The molecule has 0 bridgehead atoms. The normalized spacial score (nSPS) is 11.1. The monoisotopic (exact) mass is 556 g/mol. The van der Waals surface area contributed by atoms with Crippen LogP contribution in [0.5, 0.6) is 0 Å². The SMILES string of the molecule is c1ccc([S+](c2ccccc2)c2cccc(Sc3ccccc3[S+](c3ccccc3)c3ccccc3)c2)cc1. The molecule has 6 rings (SSSR count). The Labute approximate surface area is 241 Å². The molecule has 0 unspecified atom stereocenters. The van der Waals surface area contributed by atoms with Crippen molar-refractivity contribution in [1.29, 1.82) is 0 Å². The van der Waals surface area contributed by atoms with E-state index in [4.69, 9.17) is 0 Å². The maximum absolute atomic E-state index is 2.38. The van der Waals surface area contributed by atoms with E-state index >= 15 is 0 Å². The van der Waals surface area contributed by atoms with Crippen LogP contribution in [0.3, 0.4) is 0 Å². The first kappa shape index (κ1) is 25.6. The molecule has 0 amide bonds. The first-order valence-electron chi connectivity index (χ1n) is 12.9. The molecule has 3 heteroatoms. The molecule has 188 valence electrons. The molecule has 6 aromatic rings. The lowest BCUT2D eigenvalue weighted by Crippen LogP contribution is -2.06. The van der Waals surface area contributed by atoms with Crippen LogP contribution in [0.15, 0.2) is 209 Å². The molecule has 0 aromatic heterocycles. The van der Waals surface area contributed by atoms with Gasteiger partial charge in [-0.3, -0.25) is 0 Å². The molecule has 0 N–H and O–H groups in total. The molecule has 0 aliphatic rings. The van der Waals surface area contributed by atoms with Gasteiger partial charge in [0.1, 0.15) is 10.9 Å². The lowest BCUT2D eigenvalue weighted by atomic mass is 10.3. The Morgan fingerprint density at radius 1 is 0.333 bits per heavy atom. The Bertz CT molecular complexity index is 1540. The van der Waals surface area contributed by atoms with Gasteiger partial charge in [0.2, 0.25) is 0 Å². The van der Waals surface area contributed by atoms with Crippen molar-refractivity contribution in [2.24, 2.45) is 0 Å². The van der Waals surface area contributed by atoms with Crippen LogP contribution in [0.4, 0.5) is 0 Å². The molecule has 0 atom stereocenters. The van der Waals surface area contributed by atoms with E-state index in [-0.39, 0.29) is 21.8 Å². The van der Waals surface area contributed by atoms with Crippen molar-refractivity contribution < 1.29 is 0 Å². The highest BCUT2D eigenvalue weighted by molar-refractivity contribution is 8.01. The molecule has 0 aliphatic heterocycles. The molecule has 0 saturated heterocycles. The molecule has 0 saturated carbocycles. The fraction of sp³-hybridized carbons (Fsp3) is 0. The molecule has 0 heterocycles. The lowest BCUT2D eigenvalue weighted by Gasteiger charge is -2.12. The van der Waals surface area contributed by atoms with Gasteiger partial charge in [0, 0.05) is 11.0 Å². The van der Waals surface area contributed by atoms with Gasteiger partial charge >= 0.3 is 0 Å². The Hall–Kier alpha value is -3.63. The third kappa shape index (κ3) is 6.02. The Kier molecular flexibility index (Phi) is 8.21.